The molecule has 1 amide bonds. The van der Waals surface area contributed by atoms with Crippen LogP contribution >= 0.6 is 0 Å². The zero-order valence-corrected chi connectivity index (χ0v) is 14.2. The van der Waals surface area contributed by atoms with Crippen LogP contribution < -0.4 is 15.8 Å². The summed E-state index contributed by atoms with van der Waals surface area (Å²) >= 11 is 0. The molecule has 2 atom stereocenters. The Hall–Kier alpha value is -2.12. The summed E-state index contributed by atoms with van der Waals surface area (Å²) in [5, 5.41) is 2.78. The first-order valence-corrected chi connectivity index (χ1v) is 8.00. The molecule has 1 saturated heterocycles. The van der Waals surface area contributed by atoms with Crippen LogP contribution in [0.3, 0.4) is 0 Å². The molecular weight excluding hydrogens is 312 g/mol. The molecule has 7 heteroatoms. The van der Waals surface area contributed by atoms with Crippen LogP contribution in [0, 0.1) is 0 Å². The first kappa shape index (κ1) is 18.2. The van der Waals surface area contributed by atoms with Crippen molar-refractivity contribution in [2.75, 3.05) is 19.0 Å². The van der Waals surface area contributed by atoms with E-state index in [1.54, 1.807) is 12.1 Å². The van der Waals surface area contributed by atoms with E-state index in [1.807, 2.05) is 13.8 Å². The minimum Gasteiger partial charge on any atom is -0.489 e. The number of methoxy groups -OCH3 is 1. The average molecular weight is 336 g/mol. The van der Waals surface area contributed by atoms with Gasteiger partial charge in [0.1, 0.15) is 11.9 Å². The lowest BCUT2D eigenvalue weighted by Gasteiger charge is -2.18. The Morgan fingerprint density at radius 3 is 2.71 bits per heavy atom. The first-order chi connectivity index (χ1) is 11.4. The molecule has 24 heavy (non-hydrogen) atoms. The highest BCUT2D eigenvalue weighted by Gasteiger charge is 2.30. The Labute approximate surface area is 141 Å². The second-order valence-electron chi connectivity index (χ2n) is 5.92. The monoisotopic (exact) mass is 336 g/mol. The van der Waals surface area contributed by atoms with Gasteiger partial charge < -0.3 is 25.3 Å². The van der Waals surface area contributed by atoms with Crippen molar-refractivity contribution in [1.29, 1.82) is 0 Å². The number of hydrogen-bond donors (Lipinski definition) is 2. The lowest BCUT2D eigenvalue weighted by Crippen LogP contribution is -2.30. The fourth-order valence-corrected chi connectivity index (χ4v) is 2.51. The number of nitrogens with one attached hydrogen (secondary N) is 1. The number of nitrogens with two attached hydrogens (primary N) is 1. The maximum atomic E-state index is 12.4. The quantitative estimate of drug-likeness (QED) is 0.767. The highest BCUT2D eigenvalue weighted by atomic mass is 16.5. The minimum atomic E-state index is -0.549. The van der Waals surface area contributed by atoms with Gasteiger partial charge in [0, 0.05) is 6.54 Å². The Bertz CT molecular complexity index is 603. The van der Waals surface area contributed by atoms with Crippen molar-refractivity contribution in [3.8, 4) is 5.75 Å². The van der Waals surface area contributed by atoms with Gasteiger partial charge in [-0.25, -0.2) is 4.79 Å². The summed E-state index contributed by atoms with van der Waals surface area (Å²) in [6.07, 6.45) is 0.659. The van der Waals surface area contributed by atoms with Gasteiger partial charge in [0.25, 0.3) is 5.91 Å². The maximum Gasteiger partial charge on any atom is 0.337 e. The second-order valence-corrected chi connectivity index (χ2v) is 5.92. The maximum absolute atomic E-state index is 12.4. The van der Waals surface area contributed by atoms with Crippen LogP contribution in [-0.4, -0.2) is 43.8 Å². The van der Waals surface area contributed by atoms with Gasteiger partial charge in [-0.3, -0.25) is 4.79 Å². The van der Waals surface area contributed by atoms with Gasteiger partial charge in [-0.1, -0.05) is 0 Å². The topological polar surface area (TPSA) is 99.9 Å². The van der Waals surface area contributed by atoms with Crippen LogP contribution in [0.2, 0.25) is 0 Å². The van der Waals surface area contributed by atoms with Crippen molar-refractivity contribution in [2.24, 2.45) is 5.73 Å². The van der Waals surface area contributed by atoms with Crippen LogP contribution in [0.4, 0.5) is 5.69 Å². The molecule has 0 spiro atoms. The second kappa shape index (κ2) is 8.12. The molecule has 1 aliphatic heterocycles. The van der Waals surface area contributed by atoms with Gasteiger partial charge in [-0.05, 0) is 44.9 Å². The van der Waals surface area contributed by atoms with Crippen LogP contribution in [-0.2, 0) is 14.3 Å². The van der Waals surface area contributed by atoms with Crippen molar-refractivity contribution in [3.05, 3.63) is 23.8 Å². The van der Waals surface area contributed by atoms with Gasteiger partial charge in [-0.2, -0.15) is 0 Å². The number of amides is 1. The lowest BCUT2D eigenvalue weighted by molar-refractivity contribution is -0.126. The van der Waals surface area contributed by atoms with Crippen molar-refractivity contribution < 1.29 is 23.8 Å². The van der Waals surface area contributed by atoms with E-state index in [2.05, 4.69) is 5.32 Å². The average Bonchev–Trinajstić information content (AvgIpc) is 3.04. The van der Waals surface area contributed by atoms with Gasteiger partial charge >= 0.3 is 5.97 Å². The largest absolute Gasteiger partial charge is 0.489 e. The number of carbonyl (C=O) groups excluding carboxylic acids is 2. The molecular formula is C17H24N2O5. The van der Waals surface area contributed by atoms with E-state index in [9.17, 15) is 9.59 Å². The summed E-state index contributed by atoms with van der Waals surface area (Å²) in [6, 6.07) is 4.77. The van der Waals surface area contributed by atoms with Crippen LogP contribution in [0.15, 0.2) is 18.2 Å². The molecule has 3 N–H and O–H groups in total. The van der Waals surface area contributed by atoms with E-state index < -0.39 is 12.1 Å². The van der Waals surface area contributed by atoms with E-state index >= 15 is 0 Å². The Balaban J connectivity index is 2.19. The number of esters is 1. The first-order valence-electron chi connectivity index (χ1n) is 8.00. The lowest BCUT2D eigenvalue weighted by atomic mass is 10.1. The molecule has 0 radical (unpaired) electrons. The van der Waals surface area contributed by atoms with Crippen molar-refractivity contribution >= 4 is 17.6 Å². The molecule has 2 rings (SSSR count). The zero-order chi connectivity index (χ0) is 17.7. The predicted molar refractivity (Wildman–Crippen MR) is 89.1 cm³/mol. The highest BCUT2D eigenvalue weighted by molar-refractivity contribution is 5.98. The molecule has 1 aromatic carbocycles. The number of ether oxygens (including phenoxy) is 3. The summed E-state index contributed by atoms with van der Waals surface area (Å²) in [6.45, 7) is 4.15. The third kappa shape index (κ3) is 4.46. The van der Waals surface area contributed by atoms with Gasteiger partial charge in [0.05, 0.1) is 30.6 Å². The molecule has 0 saturated carbocycles. The Kier molecular flexibility index (Phi) is 6.16. The van der Waals surface area contributed by atoms with Crippen molar-refractivity contribution in [3.63, 3.8) is 0 Å². The molecule has 0 unspecified atom stereocenters. The standard InChI is InChI=1S/C17H24N2O5/c1-10(2)23-14-6-4-11(17(21)22-3)8-13(14)19-16(20)15-7-5-12(9-18)24-15/h4,6,8,10,12,15H,5,7,9,18H2,1-3H3,(H,19,20)/t12-,15+/m1/s1. The summed E-state index contributed by atoms with van der Waals surface area (Å²) in [5.74, 6) is -0.275. The number of anilines is 1. The predicted octanol–water partition coefficient (Wildman–Crippen LogP) is 1.71. The van der Waals surface area contributed by atoms with Gasteiger partial charge in [0.2, 0.25) is 0 Å². The van der Waals surface area contributed by atoms with Crippen molar-refractivity contribution in [1.82, 2.24) is 0 Å². The van der Waals surface area contributed by atoms with E-state index in [0.29, 0.717) is 30.0 Å². The number of carbonyl (C=O) groups is 2. The molecule has 0 aromatic heterocycles. The molecule has 0 bridgehead atoms. The number of benzene rings is 1. The normalized spacial score (nSPS) is 20.0. The van der Waals surface area contributed by atoms with E-state index in [0.717, 1.165) is 6.42 Å². The van der Waals surface area contributed by atoms with E-state index in [4.69, 9.17) is 19.9 Å². The van der Waals surface area contributed by atoms with Gasteiger partial charge in [0.15, 0.2) is 0 Å². The van der Waals surface area contributed by atoms with Crippen molar-refractivity contribution in [2.45, 2.75) is 45.0 Å². The summed E-state index contributed by atoms with van der Waals surface area (Å²) in [4.78, 5) is 24.1. The molecule has 132 valence electrons. The highest BCUT2D eigenvalue weighted by Crippen LogP contribution is 2.29. The minimum absolute atomic E-state index is 0.0750. The Morgan fingerprint density at radius 2 is 2.12 bits per heavy atom. The molecule has 1 aromatic rings. The molecule has 1 aliphatic rings. The van der Waals surface area contributed by atoms with E-state index in [1.165, 1.54) is 13.2 Å². The number of rotatable bonds is 6. The summed E-state index contributed by atoms with van der Waals surface area (Å²) < 4.78 is 16.0. The van der Waals surface area contributed by atoms with E-state index in [-0.39, 0.29) is 18.1 Å². The molecule has 7 nitrogen and oxygen atoms in total. The van der Waals surface area contributed by atoms with Crippen LogP contribution in [0.1, 0.15) is 37.0 Å². The molecule has 0 aliphatic carbocycles. The van der Waals surface area contributed by atoms with Gasteiger partial charge in [-0.15, -0.1) is 0 Å². The zero-order valence-electron chi connectivity index (χ0n) is 14.2. The Morgan fingerprint density at radius 1 is 1.38 bits per heavy atom. The third-order valence-corrected chi connectivity index (χ3v) is 3.68. The SMILES string of the molecule is COC(=O)c1ccc(OC(C)C)c(NC(=O)[C@@H]2CC[C@H](CN)O2)c1. The summed E-state index contributed by atoms with van der Waals surface area (Å²) in [7, 11) is 1.30. The fraction of sp³-hybridized carbons (Fsp3) is 0.529. The molecule has 1 heterocycles. The fourth-order valence-electron chi connectivity index (χ4n) is 2.51. The smallest absolute Gasteiger partial charge is 0.337 e. The van der Waals surface area contributed by atoms with Crippen LogP contribution in [0.5, 0.6) is 5.75 Å². The molecule has 1 fully saturated rings. The van der Waals surface area contributed by atoms with Crippen LogP contribution in [0.25, 0.3) is 0 Å². The summed E-state index contributed by atoms with van der Waals surface area (Å²) in [5.41, 5.74) is 6.31. The third-order valence-electron chi connectivity index (χ3n) is 3.68. The number of hydrogen-bond acceptors (Lipinski definition) is 6.